The number of carbonyl (C=O) groups excluding carboxylic acids is 2. The van der Waals surface area contributed by atoms with Crippen LogP contribution in [0.1, 0.15) is 46.8 Å². The number of nitrogens with zero attached hydrogens (tertiary/aromatic N) is 1. The van der Waals surface area contributed by atoms with Crippen LogP contribution in [-0.4, -0.2) is 22.8 Å². The second-order valence-corrected chi connectivity index (χ2v) is 5.69. The fraction of sp³-hybridized carbons (Fsp3) is 0.278. The molecule has 1 atom stereocenters. The molecule has 0 saturated heterocycles. The van der Waals surface area contributed by atoms with E-state index in [0.29, 0.717) is 0 Å². The van der Waals surface area contributed by atoms with Gasteiger partial charge in [0.1, 0.15) is 11.4 Å². The van der Waals surface area contributed by atoms with E-state index in [1.807, 2.05) is 13.8 Å². The van der Waals surface area contributed by atoms with Gasteiger partial charge in [-0.1, -0.05) is 25.1 Å². The van der Waals surface area contributed by atoms with Crippen LogP contribution in [0.4, 0.5) is 18.9 Å². The summed E-state index contributed by atoms with van der Waals surface area (Å²) in [7, 11) is 0. The van der Waals surface area contributed by atoms with Crippen molar-refractivity contribution in [3.05, 3.63) is 59.4 Å². The summed E-state index contributed by atoms with van der Waals surface area (Å²) in [6, 6.07) is 8.78. The van der Waals surface area contributed by atoms with Gasteiger partial charge in [-0.3, -0.25) is 9.59 Å². The molecule has 26 heavy (non-hydrogen) atoms. The molecule has 2 rings (SSSR count). The average Bonchev–Trinajstić information content (AvgIpc) is 2.61. The van der Waals surface area contributed by atoms with Crippen molar-refractivity contribution in [2.45, 2.75) is 32.5 Å². The van der Waals surface area contributed by atoms with E-state index >= 15 is 0 Å². The monoisotopic (exact) mass is 365 g/mol. The molecular weight excluding hydrogens is 347 g/mol. The number of hydrogen-bond acceptors (Lipinski definition) is 3. The number of carbonyl (C=O) groups is 2. The van der Waals surface area contributed by atoms with Crippen LogP contribution in [0.3, 0.4) is 0 Å². The maximum absolute atomic E-state index is 13.0. The summed E-state index contributed by atoms with van der Waals surface area (Å²) in [5, 5.41) is 4.91. The molecule has 0 radical (unpaired) electrons. The molecule has 1 aromatic carbocycles. The van der Waals surface area contributed by atoms with Gasteiger partial charge in [-0.2, -0.15) is 13.2 Å². The maximum atomic E-state index is 13.0. The molecule has 8 heteroatoms. The van der Waals surface area contributed by atoms with E-state index in [2.05, 4.69) is 15.6 Å². The van der Waals surface area contributed by atoms with E-state index in [9.17, 15) is 22.8 Å². The van der Waals surface area contributed by atoms with Crippen molar-refractivity contribution in [1.29, 1.82) is 0 Å². The van der Waals surface area contributed by atoms with Crippen molar-refractivity contribution in [2.24, 2.45) is 0 Å². The number of nitrogens with one attached hydrogen (secondary N) is 2. The summed E-state index contributed by atoms with van der Waals surface area (Å²) in [5.41, 5.74) is -1.47. The second kappa shape index (κ2) is 7.99. The van der Waals surface area contributed by atoms with Crippen molar-refractivity contribution in [1.82, 2.24) is 10.3 Å². The molecule has 1 unspecified atom stereocenters. The lowest BCUT2D eigenvalue weighted by molar-refractivity contribution is -0.136. The standard InChI is InChI=1S/C18H18F3N3O2/c1-3-11(2)22-16(25)14-9-6-10-15(23-14)17(26)24-13-8-5-4-7-12(13)18(19,20)21/h4-11H,3H2,1-2H3,(H,22,25)(H,24,26). The molecule has 2 N–H and O–H groups in total. The number of rotatable bonds is 5. The van der Waals surface area contributed by atoms with Gasteiger partial charge in [0.15, 0.2) is 0 Å². The van der Waals surface area contributed by atoms with Crippen LogP contribution in [-0.2, 0) is 6.18 Å². The first-order valence-electron chi connectivity index (χ1n) is 7.98. The summed E-state index contributed by atoms with van der Waals surface area (Å²) < 4.78 is 39.0. The van der Waals surface area contributed by atoms with Crippen LogP contribution < -0.4 is 10.6 Å². The van der Waals surface area contributed by atoms with Crippen molar-refractivity contribution in [3.8, 4) is 0 Å². The number of pyridine rings is 1. The van der Waals surface area contributed by atoms with Gasteiger partial charge in [0.05, 0.1) is 11.3 Å². The molecule has 1 heterocycles. The Morgan fingerprint density at radius 3 is 2.27 bits per heavy atom. The number of amides is 2. The highest BCUT2D eigenvalue weighted by atomic mass is 19.4. The summed E-state index contributed by atoms with van der Waals surface area (Å²) in [6.07, 6.45) is -3.88. The Labute approximate surface area is 148 Å². The average molecular weight is 365 g/mol. The molecule has 0 fully saturated rings. The van der Waals surface area contributed by atoms with Gasteiger partial charge in [-0.15, -0.1) is 0 Å². The Kier molecular flexibility index (Phi) is 5.97. The summed E-state index contributed by atoms with van der Waals surface area (Å²) >= 11 is 0. The van der Waals surface area contributed by atoms with Crippen molar-refractivity contribution in [3.63, 3.8) is 0 Å². The predicted molar refractivity (Wildman–Crippen MR) is 90.9 cm³/mol. The zero-order chi connectivity index (χ0) is 19.3. The first-order valence-corrected chi connectivity index (χ1v) is 7.98. The number of aromatic nitrogens is 1. The zero-order valence-electron chi connectivity index (χ0n) is 14.2. The highest BCUT2D eigenvalue weighted by molar-refractivity contribution is 6.04. The molecule has 0 bridgehead atoms. The van der Waals surface area contributed by atoms with E-state index in [-0.39, 0.29) is 23.1 Å². The minimum Gasteiger partial charge on any atom is -0.348 e. The Hall–Kier alpha value is -2.90. The number of anilines is 1. The molecule has 0 aliphatic carbocycles. The molecule has 0 spiro atoms. The van der Waals surface area contributed by atoms with E-state index in [1.165, 1.54) is 30.3 Å². The van der Waals surface area contributed by atoms with Crippen LogP contribution in [0.15, 0.2) is 42.5 Å². The van der Waals surface area contributed by atoms with Crippen LogP contribution in [0.5, 0.6) is 0 Å². The molecule has 5 nitrogen and oxygen atoms in total. The second-order valence-electron chi connectivity index (χ2n) is 5.69. The van der Waals surface area contributed by atoms with E-state index in [0.717, 1.165) is 18.6 Å². The van der Waals surface area contributed by atoms with Crippen molar-refractivity contribution < 1.29 is 22.8 Å². The van der Waals surface area contributed by atoms with Crippen LogP contribution in [0.25, 0.3) is 0 Å². The van der Waals surface area contributed by atoms with Crippen LogP contribution in [0, 0.1) is 0 Å². The van der Waals surface area contributed by atoms with Gasteiger partial charge < -0.3 is 10.6 Å². The molecule has 0 aliphatic heterocycles. The molecule has 0 saturated carbocycles. The third-order valence-corrected chi connectivity index (χ3v) is 3.68. The van der Waals surface area contributed by atoms with Crippen LogP contribution in [0.2, 0.25) is 0 Å². The van der Waals surface area contributed by atoms with Gasteiger partial charge in [0.2, 0.25) is 0 Å². The minimum absolute atomic E-state index is 0.0158. The molecule has 2 aromatic rings. The predicted octanol–water partition coefficient (Wildman–Crippen LogP) is 3.88. The number of alkyl halides is 3. The lowest BCUT2D eigenvalue weighted by atomic mass is 10.1. The van der Waals surface area contributed by atoms with Crippen LogP contribution >= 0.6 is 0 Å². The smallest absolute Gasteiger partial charge is 0.348 e. The normalized spacial score (nSPS) is 12.3. The Bertz CT molecular complexity index is 806. The highest BCUT2D eigenvalue weighted by Gasteiger charge is 2.33. The quantitative estimate of drug-likeness (QED) is 0.845. The van der Waals surface area contributed by atoms with E-state index in [1.54, 1.807) is 0 Å². The van der Waals surface area contributed by atoms with Gasteiger partial charge in [-0.05, 0) is 37.6 Å². The number of benzene rings is 1. The van der Waals surface area contributed by atoms with Crippen molar-refractivity contribution >= 4 is 17.5 Å². The van der Waals surface area contributed by atoms with E-state index in [4.69, 9.17) is 0 Å². The number of para-hydroxylation sites is 1. The van der Waals surface area contributed by atoms with Crippen molar-refractivity contribution in [2.75, 3.05) is 5.32 Å². The summed E-state index contributed by atoms with van der Waals surface area (Å²) in [4.78, 5) is 28.3. The maximum Gasteiger partial charge on any atom is 0.418 e. The third kappa shape index (κ3) is 4.81. The highest BCUT2D eigenvalue weighted by Crippen LogP contribution is 2.34. The Morgan fingerprint density at radius 2 is 1.65 bits per heavy atom. The molecule has 0 aliphatic rings. The van der Waals surface area contributed by atoms with Gasteiger partial charge in [0, 0.05) is 6.04 Å². The largest absolute Gasteiger partial charge is 0.418 e. The van der Waals surface area contributed by atoms with Gasteiger partial charge >= 0.3 is 6.18 Å². The minimum atomic E-state index is -4.60. The van der Waals surface area contributed by atoms with Gasteiger partial charge in [-0.25, -0.2) is 4.98 Å². The summed E-state index contributed by atoms with van der Waals surface area (Å²) in [6.45, 7) is 3.73. The third-order valence-electron chi connectivity index (χ3n) is 3.68. The molecular formula is C18H18F3N3O2. The zero-order valence-corrected chi connectivity index (χ0v) is 14.2. The molecule has 1 aromatic heterocycles. The topological polar surface area (TPSA) is 71.1 Å². The summed E-state index contributed by atoms with van der Waals surface area (Å²) in [5.74, 6) is -1.29. The SMILES string of the molecule is CCC(C)NC(=O)c1cccc(C(=O)Nc2ccccc2C(F)(F)F)n1. The number of halogens is 3. The Morgan fingerprint density at radius 1 is 1.04 bits per heavy atom. The Balaban J connectivity index is 2.22. The first-order chi connectivity index (χ1) is 12.2. The van der Waals surface area contributed by atoms with Gasteiger partial charge in [0.25, 0.3) is 11.8 Å². The molecule has 138 valence electrons. The number of hydrogen-bond donors (Lipinski definition) is 2. The lowest BCUT2D eigenvalue weighted by Crippen LogP contribution is -2.32. The van der Waals surface area contributed by atoms with E-state index < -0.39 is 23.6 Å². The fourth-order valence-electron chi connectivity index (χ4n) is 2.11. The lowest BCUT2D eigenvalue weighted by Gasteiger charge is -2.14. The molecule has 2 amide bonds. The first kappa shape index (κ1) is 19.4. The fourth-order valence-corrected chi connectivity index (χ4v) is 2.11.